The molecule has 0 atom stereocenters. The van der Waals surface area contributed by atoms with E-state index in [1.165, 1.54) is 11.8 Å². The van der Waals surface area contributed by atoms with Gasteiger partial charge in [-0.25, -0.2) is 0 Å². The standard InChI is InChI=1S/C12H13BrO3S/c1-2-16-12(15)8-17-7-11(14)9-4-3-5-10(13)6-9/h3-6H,2,7-8H2,1H3. The maximum Gasteiger partial charge on any atom is 0.315 e. The first-order valence-electron chi connectivity index (χ1n) is 5.15. The lowest BCUT2D eigenvalue weighted by atomic mass is 10.2. The van der Waals surface area contributed by atoms with Gasteiger partial charge in [-0.15, -0.1) is 11.8 Å². The van der Waals surface area contributed by atoms with Crippen LogP contribution in [0, 0.1) is 0 Å². The van der Waals surface area contributed by atoms with Crippen LogP contribution in [0.2, 0.25) is 0 Å². The smallest absolute Gasteiger partial charge is 0.315 e. The van der Waals surface area contributed by atoms with E-state index in [2.05, 4.69) is 15.9 Å². The van der Waals surface area contributed by atoms with Crippen LogP contribution in [-0.4, -0.2) is 29.9 Å². The van der Waals surface area contributed by atoms with Crippen molar-refractivity contribution in [3.05, 3.63) is 34.3 Å². The Bertz CT molecular complexity index is 406. The number of halogens is 1. The van der Waals surface area contributed by atoms with E-state index >= 15 is 0 Å². The summed E-state index contributed by atoms with van der Waals surface area (Å²) < 4.78 is 5.64. The molecule has 0 bridgehead atoms. The lowest BCUT2D eigenvalue weighted by molar-refractivity contribution is -0.139. The number of ether oxygens (including phenoxy) is 1. The minimum absolute atomic E-state index is 0.0144. The summed E-state index contributed by atoms with van der Waals surface area (Å²) in [6.45, 7) is 2.13. The van der Waals surface area contributed by atoms with Crippen molar-refractivity contribution in [2.24, 2.45) is 0 Å². The van der Waals surface area contributed by atoms with Crippen molar-refractivity contribution in [3.8, 4) is 0 Å². The lowest BCUT2D eigenvalue weighted by Crippen LogP contribution is -2.10. The SMILES string of the molecule is CCOC(=O)CSCC(=O)c1cccc(Br)c1. The van der Waals surface area contributed by atoms with Gasteiger partial charge in [0.2, 0.25) is 0 Å². The van der Waals surface area contributed by atoms with Crippen LogP contribution in [0.15, 0.2) is 28.7 Å². The minimum atomic E-state index is -0.278. The van der Waals surface area contributed by atoms with Crippen LogP contribution in [0.4, 0.5) is 0 Å². The fraction of sp³-hybridized carbons (Fsp3) is 0.333. The van der Waals surface area contributed by atoms with E-state index in [0.717, 1.165) is 4.47 Å². The van der Waals surface area contributed by atoms with Gasteiger partial charge in [-0.05, 0) is 19.1 Å². The summed E-state index contributed by atoms with van der Waals surface area (Å²) in [5.74, 6) is 0.239. The summed E-state index contributed by atoms with van der Waals surface area (Å²) in [6, 6.07) is 7.21. The third kappa shape index (κ3) is 5.37. The number of hydrogen-bond donors (Lipinski definition) is 0. The third-order valence-corrected chi connectivity index (χ3v) is 3.30. The summed E-state index contributed by atoms with van der Waals surface area (Å²) >= 11 is 4.58. The zero-order valence-corrected chi connectivity index (χ0v) is 11.8. The summed E-state index contributed by atoms with van der Waals surface area (Å²) in [4.78, 5) is 22.8. The number of ketones is 1. The van der Waals surface area contributed by atoms with Gasteiger partial charge in [0.1, 0.15) is 0 Å². The normalized spacial score (nSPS) is 10.0. The molecule has 0 radical (unpaired) electrons. The van der Waals surface area contributed by atoms with E-state index < -0.39 is 0 Å². The third-order valence-electron chi connectivity index (χ3n) is 1.90. The molecule has 0 aliphatic heterocycles. The highest BCUT2D eigenvalue weighted by molar-refractivity contribution is 9.10. The fourth-order valence-corrected chi connectivity index (χ4v) is 2.28. The number of carbonyl (C=O) groups is 2. The molecule has 0 heterocycles. The Balaban J connectivity index is 2.38. The highest BCUT2D eigenvalue weighted by atomic mass is 79.9. The first-order valence-corrected chi connectivity index (χ1v) is 7.10. The molecule has 0 saturated carbocycles. The van der Waals surface area contributed by atoms with E-state index in [-0.39, 0.29) is 23.3 Å². The van der Waals surface area contributed by atoms with Gasteiger partial charge in [-0.2, -0.15) is 0 Å². The predicted octanol–water partition coefficient (Wildman–Crippen LogP) is 2.93. The van der Waals surface area contributed by atoms with Gasteiger partial charge in [0.15, 0.2) is 5.78 Å². The number of thioether (sulfide) groups is 1. The Morgan fingerprint density at radius 2 is 2.12 bits per heavy atom. The van der Waals surface area contributed by atoms with Crippen molar-refractivity contribution in [2.45, 2.75) is 6.92 Å². The topological polar surface area (TPSA) is 43.4 Å². The summed E-state index contributed by atoms with van der Waals surface area (Å²) in [5, 5.41) is 0. The molecule has 3 nitrogen and oxygen atoms in total. The quantitative estimate of drug-likeness (QED) is 0.598. The largest absolute Gasteiger partial charge is 0.465 e. The molecular formula is C12H13BrO3S. The molecule has 5 heteroatoms. The maximum atomic E-state index is 11.7. The first kappa shape index (κ1) is 14.3. The Morgan fingerprint density at radius 3 is 2.76 bits per heavy atom. The van der Waals surface area contributed by atoms with Crippen molar-refractivity contribution in [1.82, 2.24) is 0 Å². The molecular weight excluding hydrogens is 304 g/mol. The monoisotopic (exact) mass is 316 g/mol. The Labute approximate surface area is 113 Å². The van der Waals surface area contributed by atoms with E-state index in [4.69, 9.17) is 4.74 Å². The average molecular weight is 317 g/mol. The number of esters is 1. The van der Waals surface area contributed by atoms with Crippen molar-refractivity contribution in [2.75, 3.05) is 18.1 Å². The molecule has 0 aliphatic rings. The summed E-state index contributed by atoms with van der Waals surface area (Å²) in [6.07, 6.45) is 0. The molecule has 0 saturated heterocycles. The number of hydrogen-bond acceptors (Lipinski definition) is 4. The number of Topliss-reactive ketones (excluding diaryl/α,β-unsaturated/α-hetero) is 1. The molecule has 0 fully saturated rings. The van der Waals surface area contributed by atoms with Gasteiger partial charge in [0, 0.05) is 10.0 Å². The second-order valence-electron chi connectivity index (χ2n) is 3.23. The van der Waals surface area contributed by atoms with Gasteiger partial charge in [-0.1, -0.05) is 28.1 Å². The fourth-order valence-electron chi connectivity index (χ4n) is 1.17. The molecule has 0 unspecified atom stereocenters. The molecule has 0 amide bonds. The van der Waals surface area contributed by atoms with Crippen LogP contribution < -0.4 is 0 Å². The lowest BCUT2D eigenvalue weighted by Gasteiger charge is -2.02. The van der Waals surface area contributed by atoms with E-state index in [1.807, 2.05) is 12.1 Å². The number of rotatable bonds is 6. The van der Waals surface area contributed by atoms with Gasteiger partial charge in [0.25, 0.3) is 0 Å². The second kappa shape index (κ2) is 7.50. The Kier molecular flexibility index (Phi) is 6.29. The van der Waals surface area contributed by atoms with Gasteiger partial charge < -0.3 is 4.74 Å². The van der Waals surface area contributed by atoms with Crippen LogP contribution in [0.1, 0.15) is 17.3 Å². The first-order chi connectivity index (χ1) is 8.13. The molecule has 17 heavy (non-hydrogen) atoms. The molecule has 1 aromatic rings. The molecule has 0 spiro atoms. The zero-order chi connectivity index (χ0) is 12.7. The van der Waals surface area contributed by atoms with Crippen LogP contribution >= 0.6 is 27.7 Å². The molecule has 1 rings (SSSR count). The van der Waals surface area contributed by atoms with Crippen molar-refractivity contribution < 1.29 is 14.3 Å². The highest BCUT2D eigenvalue weighted by Crippen LogP contribution is 2.14. The Morgan fingerprint density at radius 1 is 1.35 bits per heavy atom. The molecule has 0 N–H and O–H groups in total. The van der Waals surface area contributed by atoms with Crippen molar-refractivity contribution in [1.29, 1.82) is 0 Å². The summed E-state index contributed by atoms with van der Waals surface area (Å²) in [5.41, 5.74) is 0.649. The highest BCUT2D eigenvalue weighted by Gasteiger charge is 2.08. The Hall–Kier alpha value is -0.810. The van der Waals surface area contributed by atoms with Crippen LogP contribution in [0.3, 0.4) is 0 Å². The summed E-state index contributed by atoms with van der Waals surface area (Å²) in [7, 11) is 0. The molecule has 1 aromatic carbocycles. The zero-order valence-electron chi connectivity index (χ0n) is 9.44. The number of benzene rings is 1. The van der Waals surface area contributed by atoms with Crippen molar-refractivity contribution in [3.63, 3.8) is 0 Å². The van der Waals surface area contributed by atoms with Gasteiger partial charge in [-0.3, -0.25) is 9.59 Å². The average Bonchev–Trinajstić information content (AvgIpc) is 2.29. The second-order valence-corrected chi connectivity index (χ2v) is 5.13. The maximum absolute atomic E-state index is 11.7. The molecule has 0 aliphatic carbocycles. The van der Waals surface area contributed by atoms with Crippen LogP contribution in [0.5, 0.6) is 0 Å². The van der Waals surface area contributed by atoms with E-state index in [0.29, 0.717) is 12.2 Å². The van der Waals surface area contributed by atoms with Crippen LogP contribution in [0.25, 0.3) is 0 Å². The number of carbonyl (C=O) groups excluding carboxylic acids is 2. The minimum Gasteiger partial charge on any atom is -0.465 e. The molecule has 0 aromatic heterocycles. The van der Waals surface area contributed by atoms with Gasteiger partial charge in [0.05, 0.1) is 18.1 Å². The van der Waals surface area contributed by atoms with Crippen molar-refractivity contribution >= 4 is 39.4 Å². The van der Waals surface area contributed by atoms with E-state index in [1.54, 1.807) is 19.1 Å². The predicted molar refractivity (Wildman–Crippen MR) is 72.4 cm³/mol. The van der Waals surface area contributed by atoms with Crippen LogP contribution in [-0.2, 0) is 9.53 Å². The van der Waals surface area contributed by atoms with Gasteiger partial charge >= 0.3 is 5.97 Å². The molecule has 92 valence electrons. The van der Waals surface area contributed by atoms with E-state index in [9.17, 15) is 9.59 Å².